The molecule has 7 heteroatoms. The molecule has 2 N–H and O–H groups in total. The molecule has 1 unspecified atom stereocenters. The molecular formula is C14H17ClN2O3S. The molecule has 114 valence electrons. The molecule has 1 heterocycles. The maximum atomic E-state index is 11.8. The van der Waals surface area contributed by atoms with E-state index in [4.69, 9.17) is 16.3 Å². The molecule has 0 spiro atoms. The Morgan fingerprint density at radius 1 is 1.43 bits per heavy atom. The highest BCUT2D eigenvalue weighted by atomic mass is 35.5. The van der Waals surface area contributed by atoms with Gasteiger partial charge in [0.2, 0.25) is 0 Å². The lowest BCUT2D eigenvalue weighted by atomic mass is 10.0. The van der Waals surface area contributed by atoms with Crippen LogP contribution >= 0.6 is 23.4 Å². The quantitative estimate of drug-likeness (QED) is 0.829. The summed E-state index contributed by atoms with van der Waals surface area (Å²) in [5.41, 5.74) is 0.122. The Hall–Kier alpha value is -1.24. The lowest BCUT2D eigenvalue weighted by Crippen LogP contribution is -2.47. The minimum atomic E-state index is -0.714. The molecule has 1 aliphatic heterocycles. The van der Waals surface area contributed by atoms with Crippen molar-refractivity contribution in [1.29, 1.82) is 0 Å². The Morgan fingerprint density at radius 3 is 2.86 bits per heavy atom. The van der Waals surface area contributed by atoms with Gasteiger partial charge in [-0.1, -0.05) is 17.7 Å². The smallest absolute Gasteiger partial charge is 0.313 e. The van der Waals surface area contributed by atoms with Crippen LogP contribution in [0.3, 0.4) is 0 Å². The molecule has 0 aromatic heterocycles. The van der Waals surface area contributed by atoms with Gasteiger partial charge in [0.15, 0.2) is 0 Å². The first kappa shape index (κ1) is 16.1. The number of thioether (sulfide) groups is 1. The number of methoxy groups -OCH3 is 1. The standard InChI is InChI=1S/C14H17ClN2O3S/c1-20-14(5-6-21-9-14)8-16-12(18)13(19)17-11-4-2-3-10(15)7-11/h2-4,7H,5-6,8-9H2,1H3,(H,16,18)(H,17,19). The summed E-state index contributed by atoms with van der Waals surface area (Å²) in [5.74, 6) is 0.426. The molecular weight excluding hydrogens is 312 g/mol. The van der Waals surface area contributed by atoms with Gasteiger partial charge in [0.1, 0.15) is 0 Å². The van der Waals surface area contributed by atoms with Gasteiger partial charge in [0.05, 0.1) is 5.60 Å². The van der Waals surface area contributed by atoms with E-state index in [2.05, 4.69) is 10.6 Å². The molecule has 5 nitrogen and oxygen atoms in total. The number of halogens is 1. The number of nitrogens with one attached hydrogen (secondary N) is 2. The summed E-state index contributed by atoms with van der Waals surface area (Å²) in [7, 11) is 1.63. The number of ether oxygens (including phenoxy) is 1. The van der Waals surface area contributed by atoms with E-state index >= 15 is 0 Å². The molecule has 2 rings (SSSR count). The second-order valence-corrected chi connectivity index (χ2v) is 6.38. The summed E-state index contributed by atoms with van der Waals surface area (Å²) in [6.45, 7) is 0.332. The zero-order valence-corrected chi connectivity index (χ0v) is 13.2. The van der Waals surface area contributed by atoms with Gasteiger partial charge in [0, 0.05) is 30.1 Å². The minimum absolute atomic E-state index is 0.332. The van der Waals surface area contributed by atoms with Crippen LogP contribution in [0, 0.1) is 0 Å². The van der Waals surface area contributed by atoms with Crippen molar-refractivity contribution >= 4 is 40.9 Å². The number of rotatable bonds is 4. The summed E-state index contributed by atoms with van der Waals surface area (Å²) in [5, 5.41) is 5.63. The molecule has 1 aromatic rings. The Labute approximate surface area is 132 Å². The molecule has 1 aliphatic rings. The fourth-order valence-corrected chi connectivity index (χ4v) is 3.62. The number of anilines is 1. The van der Waals surface area contributed by atoms with Crippen molar-refractivity contribution in [3.05, 3.63) is 29.3 Å². The van der Waals surface area contributed by atoms with E-state index in [9.17, 15) is 9.59 Å². The van der Waals surface area contributed by atoms with Gasteiger partial charge in [0.25, 0.3) is 0 Å². The van der Waals surface area contributed by atoms with Crippen LogP contribution in [0.5, 0.6) is 0 Å². The highest BCUT2D eigenvalue weighted by Crippen LogP contribution is 2.30. The molecule has 0 bridgehead atoms. The van der Waals surface area contributed by atoms with Crippen LogP contribution < -0.4 is 10.6 Å². The van der Waals surface area contributed by atoms with Crippen molar-refractivity contribution in [3.63, 3.8) is 0 Å². The molecule has 0 saturated carbocycles. The highest BCUT2D eigenvalue weighted by molar-refractivity contribution is 7.99. The van der Waals surface area contributed by atoms with Crippen LogP contribution in [0.15, 0.2) is 24.3 Å². The Bertz CT molecular complexity index is 533. The highest BCUT2D eigenvalue weighted by Gasteiger charge is 2.35. The third-order valence-electron chi connectivity index (χ3n) is 3.36. The molecule has 21 heavy (non-hydrogen) atoms. The van der Waals surface area contributed by atoms with Gasteiger partial charge < -0.3 is 15.4 Å². The van der Waals surface area contributed by atoms with Gasteiger partial charge in [-0.05, 0) is 30.4 Å². The van der Waals surface area contributed by atoms with Gasteiger partial charge in [-0.15, -0.1) is 0 Å². The van der Waals surface area contributed by atoms with Crippen molar-refractivity contribution in [3.8, 4) is 0 Å². The third kappa shape index (κ3) is 4.36. The van der Waals surface area contributed by atoms with Gasteiger partial charge >= 0.3 is 11.8 Å². The van der Waals surface area contributed by atoms with Crippen LogP contribution in [0.1, 0.15) is 6.42 Å². The van der Waals surface area contributed by atoms with E-state index < -0.39 is 11.8 Å². The third-order valence-corrected chi connectivity index (χ3v) is 4.82. The van der Waals surface area contributed by atoms with Crippen LogP contribution in [0.4, 0.5) is 5.69 Å². The largest absolute Gasteiger partial charge is 0.376 e. The number of benzene rings is 1. The van der Waals surface area contributed by atoms with E-state index in [0.29, 0.717) is 17.3 Å². The predicted molar refractivity (Wildman–Crippen MR) is 84.8 cm³/mol. The second kappa shape index (κ2) is 7.15. The van der Waals surface area contributed by atoms with E-state index in [1.807, 2.05) is 0 Å². The first-order chi connectivity index (χ1) is 10.0. The van der Waals surface area contributed by atoms with E-state index in [-0.39, 0.29) is 5.60 Å². The Morgan fingerprint density at radius 2 is 2.24 bits per heavy atom. The number of carbonyl (C=O) groups excluding carboxylic acids is 2. The number of hydrogen-bond donors (Lipinski definition) is 2. The minimum Gasteiger partial charge on any atom is -0.376 e. The fourth-order valence-electron chi connectivity index (χ4n) is 2.04. The maximum Gasteiger partial charge on any atom is 0.313 e. The normalized spacial score (nSPS) is 21.0. The monoisotopic (exact) mass is 328 g/mol. The van der Waals surface area contributed by atoms with Crippen LogP contribution in [0.25, 0.3) is 0 Å². The Kier molecular flexibility index (Phi) is 5.50. The van der Waals surface area contributed by atoms with Crippen molar-refractivity contribution in [2.24, 2.45) is 0 Å². The van der Waals surface area contributed by atoms with Gasteiger partial charge in [-0.25, -0.2) is 0 Å². The number of amides is 2. The lowest BCUT2D eigenvalue weighted by molar-refractivity contribution is -0.136. The Balaban J connectivity index is 1.86. The molecule has 0 aliphatic carbocycles. The van der Waals surface area contributed by atoms with Crippen LogP contribution in [0.2, 0.25) is 5.02 Å². The molecule has 0 radical (unpaired) electrons. The summed E-state index contributed by atoms with van der Waals surface area (Å²) in [6, 6.07) is 6.64. The van der Waals surface area contributed by atoms with Crippen LogP contribution in [-0.4, -0.2) is 42.6 Å². The molecule has 1 fully saturated rings. The summed E-state index contributed by atoms with van der Waals surface area (Å²) in [6.07, 6.45) is 0.865. The van der Waals surface area contributed by atoms with E-state index in [0.717, 1.165) is 17.9 Å². The van der Waals surface area contributed by atoms with E-state index in [1.165, 1.54) is 0 Å². The topological polar surface area (TPSA) is 67.4 Å². The van der Waals surface area contributed by atoms with Crippen molar-refractivity contribution in [1.82, 2.24) is 5.32 Å². The molecule has 1 aromatic carbocycles. The fraction of sp³-hybridized carbons (Fsp3) is 0.429. The zero-order chi connectivity index (χ0) is 15.3. The second-order valence-electron chi connectivity index (χ2n) is 4.84. The average molecular weight is 329 g/mol. The van der Waals surface area contributed by atoms with Crippen LogP contribution in [-0.2, 0) is 14.3 Å². The van der Waals surface area contributed by atoms with Gasteiger partial charge in [-0.2, -0.15) is 11.8 Å². The molecule has 1 saturated heterocycles. The van der Waals surface area contributed by atoms with Crippen molar-refractivity contribution in [2.75, 3.05) is 30.5 Å². The van der Waals surface area contributed by atoms with Crippen molar-refractivity contribution in [2.45, 2.75) is 12.0 Å². The SMILES string of the molecule is COC1(CNC(=O)C(=O)Nc2cccc(Cl)c2)CCSC1. The van der Waals surface area contributed by atoms with E-state index in [1.54, 1.807) is 43.1 Å². The predicted octanol–water partition coefficient (Wildman–Crippen LogP) is 1.92. The number of carbonyl (C=O) groups is 2. The van der Waals surface area contributed by atoms with Gasteiger partial charge in [-0.3, -0.25) is 9.59 Å². The molecule has 2 amide bonds. The maximum absolute atomic E-state index is 11.8. The number of hydrogen-bond acceptors (Lipinski definition) is 4. The molecule has 1 atom stereocenters. The summed E-state index contributed by atoms with van der Waals surface area (Å²) >= 11 is 7.60. The lowest BCUT2D eigenvalue weighted by Gasteiger charge is -2.26. The zero-order valence-electron chi connectivity index (χ0n) is 11.6. The van der Waals surface area contributed by atoms with Crippen molar-refractivity contribution < 1.29 is 14.3 Å². The summed E-state index contributed by atoms with van der Waals surface area (Å²) in [4.78, 5) is 23.6. The first-order valence-corrected chi connectivity index (χ1v) is 8.06. The summed E-state index contributed by atoms with van der Waals surface area (Å²) < 4.78 is 5.48. The average Bonchev–Trinajstić information content (AvgIpc) is 2.94. The first-order valence-electron chi connectivity index (χ1n) is 6.52.